The van der Waals surface area contributed by atoms with Gasteiger partial charge >= 0.3 is 11.9 Å². The van der Waals surface area contributed by atoms with Crippen molar-refractivity contribution in [2.75, 3.05) is 13.2 Å². The number of ether oxygens (including phenoxy) is 2. The van der Waals surface area contributed by atoms with Gasteiger partial charge in [-0.2, -0.15) is 0 Å². The second-order valence-electron chi connectivity index (χ2n) is 5.84. The van der Waals surface area contributed by atoms with Crippen LogP contribution in [0.5, 0.6) is 0 Å². The van der Waals surface area contributed by atoms with Crippen LogP contribution < -0.4 is 0 Å². The molecule has 0 saturated carbocycles. The quantitative estimate of drug-likeness (QED) is 0.498. The van der Waals surface area contributed by atoms with Crippen LogP contribution in [0.4, 0.5) is 0 Å². The Bertz CT molecular complexity index is 683. The summed E-state index contributed by atoms with van der Waals surface area (Å²) >= 11 is 0. The van der Waals surface area contributed by atoms with E-state index in [-0.39, 0.29) is 0 Å². The summed E-state index contributed by atoms with van der Waals surface area (Å²) in [5.74, 6) is -0.783. The van der Waals surface area contributed by atoms with Gasteiger partial charge in [-0.3, -0.25) is 9.97 Å². The van der Waals surface area contributed by atoms with Crippen LogP contribution in [-0.2, 0) is 9.47 Å². The predicted molar refractivity (Wildman–Crippen MR) is 97.8 cm³/mol. The minimum absolute atomic E-state index is 0.391. The van der Waals surface area contributed by atoms with Gasteiger partial charge < -0.3 is 9.47 Å². The first-order valence-corrected chi connectivity index (χ1v) is 8.92. The molecule has 0 N–H and O–H groups in total. The molecule has 0 aliphatic carbocycles. The Balaban J connectivity index is 2.13. The molecule has 138 valence electrons. The number of aromatic nitrogens is 2. The molecule has 0 fully saturated rings. The Kier molecular flexibility index (Phi) is 7.74. The van der Waals surface area contributed by atoms with Crippen LogP contribution in [0.1, 0.15) is 60.2 Å². The van der Waals surface area contributed by atoms with Crippen molar-refractivity contribution in [1.82, 2.24) is 9.97 Å². The van der Waals surface area contributed by atoms with Crippen molar-refractivity contribution in [3.8, 4) is 11.4 Å². The van der Waals surface area contributed by atoms with Gasteiger partial charge in [0.05, 0.1) is 35.7 Å². The Morgan fingerprint density at radius 2 is 1.23 bits per heavy atom. The fourth-order valence-corrected chi connectivity index (χ4v) is 2.18. The van der Waals surface area contributed by atoms with E-state index < -0.39 is 11.9 Å². The van der Waals surface area contributed by atoms with Gasteiger partial charge in [-0.05, 0) is 37.1 Å². The van der Waals surface area contributed by atoms with E-state index in [0.717, 1.165) is 25.7 Å². The first kappa shape index (κ1) is 19.6. The number of unbranched alkanes of at least 4 members (excludes halogenated alkanes) is 2. The number of carbonyl (C=O) groups is 2. The molecule has 26 heavy (non-hydrogen) atoms. The van der Waals surface area contributed by atoms with Crippen LogP contribution in [-0.4, -0.2) is 35.1 Å². The third-order valence-electron chi connectivity index (χ3n) is 3.72. The normalized spacial score (nSPS) is 10.4. The van der Waals surface area contributed by atoms with Crippen molar-refractivity contribution in [3.63, 3.8) is 0 Å². The summed E-state index contributed by atoms with van der Waals surface area (Å²) in [4.78, 5) is 32.6. The Hall–Kier alpha value is -2.76. The third-order valence-corrected chi connectivity index (χ3v) is 3.72. The molecule has 6 nitrogen and oxygen atoms in total. The zero-order chi connectivity index (χ0) is 18.8. The summed E-state index contributed by atoms with van der Waals surface area (Å²) in [6, 6.07) is 6.42. The first-order chi connectivity index (χ1) is 12.7. The molecule has 2 aromatic rings. The number of hydrogen-bond acceptors (Lipinski definition) is 6. The van der Waals surface area contributed by atoms with Crippen LogP contribution in [0, 0.1) is 0 Å². The largest absolute Gasteiger partial charge is 0.462 e. The van der Waals surface area contributed by atoms with E-state index >= 15 is 0 Å². The summed E-state index contributed by atoms with van der Waals surface area (Å²) in [5.41, 5.74) is 1.81. The van der Waals surface area contributed by atoms with Gasteiger partial charge in [-0.25, -0.2) is 9.59 Å². The van der Waals surface area contributed by atoms with E-state index in [4.69, 9.17) is 9.47 Å². The molecule has 6 heteroatoms. The molecular weight excluding hydrogens is 332 g/mol. The first-order valence-electron chi connectivity index (χ1n) is 8.92. The number of rotatable bonds is 9. The van der Waals surface area contributed by atoms with E-state index in [2.05, 4.69) is 9.97 Å². The second-order valence-corrected chi connectivity index (χ2v) is 5.84. The number of pyridine rings is 2. The Morgan fingerprint density at radius 3 is 1.62 bits per heavy atom. The highest BCUT2D eigenvalue weighted by Crippen LogP contribution is 2.18. The van der Waals surface area contributed by atoms with E-state index in [9.17, 15) is 9.59 Å². The monoisotopic (exact) mass is 356 g/mol. The molecule has 0 aliphatic rings. The standard InChI is InChI=1S/C20H24N2O4/c1-3-5-11-25-19(23)15-7-9-21-17(13-15)18-14-16(8-10-22-18)20(24)26-12-6-4-2/h7-10,13-14H,3-6,11-12H2,1-2H3. The van der Waals surface area contributed by atoms with E-state index in [1.165, 1.54) is 12.4 Å². The smallest absolute Gasteiger partial charge is 0.338 e. The highest BCUT2D eigenvalue weighted by atomic mass is 16.5. The van der Waals surface area contributed by atoms with Crippen LogP contribution in [0.15, 0.2) is 36.7 Å². The van der Waals surface area contributed by atoms with Crippen LogP contribution >= 0.6 is 0 Å². The average molecular weight is 356 g/mol. The molecule has 0 spiro atoms. The molecule has 0 atom stereocenters. The lowest BCUT2D eigenvalue weighted by Crippen LogP contribution is -2.08. The highest BCUT2D eigenvalue weighted by Gasteiger charge is 2.13. The fraction of sp³-hybridized carbons (Fsp3) is 0.400. The molecular formula is C20H24N2O4. The van der Waals surface area contributed by atoms with Gasteiger partial charge in [0.1, 0.15) is 0 Å². The fourth-order valence-electron chi connectivity index (χ4n) is 2.18. The van der Waals surface area contributed by atoms with E-state index in [1.54, 1.807) is 24.3 Å². The van der Waals surface area contributed by atoms with Crippen molar-refractivity contribution < 1.29 is 19.1 Å². The van der Waals surface area contributed by atoms with Crippen molar-refractivity contribution in [1.29, 1.82) is 0 Å². The second kappa shape index (κ2) is 10.3. The van der Waals surface area contributed by atoms with Gasteiger partial charge in [0.2, 0.25) is 0 Å². The Morgan fingerprint density at radius 1 is 0.808 bits per heavy atom. The lowest BCUT2D eigenvalue weighted by atomic mass is 10.1. The molecule has 0 bridgehead atoms. The molecule has 0 unspecified atom stereocenters. The van der Waals surface area contributed by atoms with Crippen LogP contribution in [0.25, 0.3) is 11.4 Å². The topological polar surface area (TPSA) is 78.4 Å². The Labute approximate surface area is 153 Å². The van der Waals surface area contributed by atoms with Crippen molar-refractivity contribution in [2.24, 2.45) is 0 Å². The summed E-state index contributed by atoms with van der Waals surface area (Å²) in [5, 5.41) is 0. The van der Waals surface area contributed by atoms with Crippen molar-refractivity contribution in [3.05, 3.63) is 47.8 Å². The number of carbonyl (C=O) groups excluding carboxylic acids is 2. The molecule has 0 radical (unpaired) electrons. The SMILES string of the molecule is CCCCOC(=O)c1ccnc(-c2cc(C(=O)OCCCC)ccn2)c1. The maximum atomic E-state index is 12.1. The van der Waals surface area contributed by atoms with Crippen LogP contribution in [0.2, 0.25) is 0 Å². The van der Waals surface area contributed by atoms with E-state index in [0.29, 0.717) is 35.7 Å². The van der Waals surface area contributed by atoms with Gasteiger partial charge in [0.15, 0.2) is 0 Å². The molecule has 0 amide bonds. The molecule has 2 heterocycles. The minimum Gasteiger partial charge on any atom is -0.462 e. The van der Waals surface area contributed by atoms with Gasteiger partial charge in [-0.15, -0.1) is 0 Å². The summed E-state index contributed by atoms with van der Waals surface area (Å²) < 4.78 is 10.4. The highest BCUT2D eigenvalue weighted by molar-refractivity contribution is 5.92. The number of esters is 2. The molecule has 0 aliphatic heterocycles. The lowest BCUT2D eigenvalue weighted by Gasteiger charge is -2.07. The maximum Gasteiger partial charge on any atom is 0.338 e. The average Bonchev–Trinajstić information content (AvgIpc) is 2.68. The minimum atomic E-state index is -0.391. The molecule has 0 saturated heterocycles. The zero-order valence-electron chi connectivity index (χ0n) is 15.2. The summed E-state index contributed by atoms with van der Waals surface area (Å²) in [6.07, 6.45) is 6.63. The molecule has 2 aromatic heterocycles. The van der Waals surface area contributed by atoms with Crippen LogP contribution in [0.3, 0.4) is 0 Å². The van der Waals surface area contributed by atoms with Crippen molar-refractivity contribution in [2.45, 2.75) is 39.5 Å². The van der Waals surface area contributed by atoms with Crippen molar-refractivity contribution >= 4 is 11.9 Å². The summed E-state index contributed by atoms with van der Waals surface area (Å²) in [6.45, 7) is 4.85. The maximum absolute atomic E-state index is 12.1. The van der Waals surface area contributed by atoms with Gasteiger partial charge in [0, 0.05) is 12.4 Å². The van der Waals surface area contributed by atoms with Gasteiger partial charge in [0.25, 0.3) is 0 Å². The molecule has 2 rings (SSSR count). The van der Waals surface area contributed by atoms with Gasteiger partial charge in [-0.1, -0.05) is 26.7 Å². The summed E-state index contributed by atoms with van der Waals surface area (Å²) in [7, 11) is 0. The zero-order valence-corrected chi connectivity index (χ0v) is 15.2. The third kappa shape index (κ3) is 5.65. The predicted octanol–water partition coefficient (Wildman–Crippen LogP) is 4.06. The van der Waals surface area contributed by atoms with E-state index in [1.807, 2.05) is 13.8 Å². The molecule has 0 aromatic carbocycles. The number of nitrogens with zero attached hydrogens (tertiary/aromatic N) is 2. The lowest BCUT2D eigenvalue weighted by molar-refractivity contribution is 0.0490. The number of hydrogen-bond donors (Lipinski definition) is 0.